The third-order valence-corrected chi connectivity index (χ3v) is 3.27. The van der Waals surface area contributed by atoms with E-state index in [4.69, 9.17) is 4.74 Å². The molecule has 20 heavy (non-hydrogen) atoms. The van der Waals surface area contributed by atoms with Gasteiger partial charge in [-0.05, 0) is 52.0 Å². The average molecular weight is 344 g/mol. The van der Waals surface area contributed by atoms with Crippen molar-refractivity contribution in [2.75, 3.05) is 13.1 Å². The molecule has 1 rings (SSSR count). The maximum absolute atomic E-state index is 12.3. The Morgan fingerprint density at radius 3 is 2.40 bits per heavy atom. The summed E-state index contributed by atoms with van der Waals surface area (Å²) in [7, 11) is 0. The van der Waals surface area contributed by atoms with E-state index in [2.05, 4.69) is 15.9 Å². The van der Waals surface area contributed by atoms with E-state index in [-0.39, 0.29) is 12.5 Å². The van der Waals surface area contributed by atoms with Crippen molar-refractivity contribution >= 4 is 21.8 Å². The molecule has 1 amide bonds. The van der Waals surface area contributed by atoms with Crippen LogP contribution in [0.2, 0.25) is 0 Å². The van der Waals surface area contributed by atoms with Gasteiger partial charge < -0.3 is 14.7 Å². The van der Waals surface area contributed by atoms with E-state index in [1.54, 1.807) is 37.8 Å². The number of carbonyl (C=O) groups is 1. The van der Waals surface area contributed by atoms with Gasteiger partial charge in [0.15, 0.2) is 6.10 Å². The molecule has 112 valence electrons. The van der Waals surface area contributed by atoms with Gasteiger partial charge in [-0.1, -0.05) is 15.9 Å². The fourth-order valence-electron chi connectivity index (χ4n) is 1.84. The maximum Gasteiger partial charge on any atom is 0.263 e. The van der Waals surface area contributed by atoms with Crippen LogP contribution in [0.4, 0.5) is 0 Å². The van der Waals surface area contributed by atoms with Gasteiger partial charge in [0.25, 0.3) is 5.91 Å². The summed E-state index contributed by atoms with van der Waals surface area (Å²) < 4.78 is 6.59. The van der Waals surface area contributed by atoms with Gasteiger partial charge in [0.05, 0.1) is 5.60 Å². The first kappa shape index (κ1) is 17.0. The molecule has 0 saturated carbocycles. The van der Waals surface area contributed by atoms with Crippen molar-refractivity contribution in [2.24, 2.45) is 0 Å². The minimum absolute atomic E-state index is 0.127. The van der Waals surface area contributed by atoms with Crippen LogP contribution in [-0.2, 0) is 4.79 Å². The summed E-state index contributed by atoms with van der Waals surface area (Å²) >= 11 is 3.35. The van der Waals surface area contributed by atoms with E-state index in [0.29, 0.717) is 12.3 Å². The average Bonchev–Trinajstić information content (AvgIpc) is 2.36. The lowest BCUT2D eigenvalue weighted by molar-refractivity contribution is -0.140. The molecule has 1 N–H and O–H groups in total. The number of rotatable bonds is 6. The summed E-state index contributed by atoms with van der Waals surface area (Å²) in [6.07, 6.45) is -0.585. The molecule has 1 unspecified atom stereocenters. The number of amides is 1. The largest absolute Gasteiger partial charge is 0.481 e. The Bertz CT molecular complexity index is 439. The molecule has 1 aromatic rings. The minimum atomic E-state index is -0.914. The highest BCUT2D eigenvalue weighted by molar-refractivity contribution is 9.10. The third kappa shape index (κ3) is 5.51. The van der Waals surface area contributed by atoms with Gasteiger partial charge in [-0.3, -0.25) is 4.79 Å². The fraction of sp³-hybridized carbons (Fsp3) is 0.533. The Morgan fingerprint density at radius 2 is 1.95 bits per heavy atom. The van der Waals surface area contributed by atoms with E-state index < -0.39 is 11.7 Å². The van der Waals surface area contributed by atoms with Crippen LogP contribution in [0.3, 0.4) is 0 Å². The lowest BCUT2D eigenvalue weighted by atomic mass is 10.1. The highest BCUT2D eigenvalue weighted by Gasteiger charge is 2.25. The zero-order chi connectivity index (χ0) is 15.3. The highest BCUT2D eigenvalue weighted by atomic mass is 79.9. The summed E-state index contributed by atoms with van der Waals surface area (Å²) in [5.74, 6) is 0.519. The van der Waals surface area contributed by atoms with Crippen LogP contribution in [0, 0.1) is 0 Å². The number of benzene rings is 1. The van der Waals surface area contributed by atoms with Crippen LogP contribution in [0.15, 0.2) is 28.7 Å². The van der Waals surface area contributed by atoms with E-state index in [1.807, 2.05) is 19.1 Å². The summed E-state index contributed by atoms with van der Waals surface area (Å²) in [5, 5.41) is 9.83. The number of hydrogen-bond donors (Lipinski definition) is 1. The molecule has 0 aromatic heterocycles. The van der Waals surface area contributed by atoms with E-state index in [9.17, 15) is 9.90 Å². The fourth-order valence-corrected chi connectivity index (χ4v) is 2.10. The number of hydrogen-bond acceptors (Lipinski definition) is 3. The van der Waals surface area contributed by atoms with Crippen molar-refractivity contribution in [3.63, 3.8) is 0 Å². The molecule has 5 heteroatoms. The summed E-state index contributed by atoms with van der Waals surface area (Å²) in [6.45, 7) is 7.80. The summed E-state index contributed by atoms with van der Waals surface area (Å²) in [5.41, 5.74) is -0.914. The van der Waals surface area contributed by atoms with Crippen LogP contribution in [0.5, 0.6) is 5.75 Å². The molecule has 0 aliphatic heterocycles. The minimum Gasteiger partial charge on any atom is -0.481 e. The second-order valence-electron chi connectivity index (χ2n) is 5.38. The lowest BCUT2D eigenvalue weighted by Crippen LogP contribution is -2.47. The van der Waals surface area contributed by atoms with Crippen LogP contribution >= 0.6 is 15.9 Å². The van der Waals surface area contributed by atoms with Gasteiger partial charge in [0.2, 0.25) is 0 Å². The van der Waals surface area contributed by atoms with Crippen molar-refractivity contribution in [3.05, 3.63) is 28.7 Å². The first-order chi connectivity index (χ1) is 9.23. The van der Waals surface area contributed by atoms with Crippen molar-refractivity contribution in [1.29, 1.82) is 0 Å². The SMILES string of the molecule is CCN(CC(C)(C)O)C(=O)C(C)Oc1ccc(Br)cc1. The molecule has 0 aliphatic carbocycles. The number of nitrogens with zero attached hydrogens (tertiary/aromatic N) is 1. The van der Waals surface area contributed by atoms with Crippen molar-refractivity contribution in [2.45, 2.75) is 39.4 Å². The van der Waals surface area contributed by atoms with Gasteiger partial charge in [0.1, 0.15) is 5.75 Å². The molecule has 0 aliphatic rings. The first-order valence-corrected chi connectivity index (χ1v) is 7.45. The molecule has 1 aromatic carbocycles. The molecule has 0 saturated heterocycles. The Balaban J connectivity index is 2.67. The Morgan fingerprint density at radius 1 is 1.40 bits per heavy atom. The number of ether oxygens (including phenoxy) is 1. The first-order valence-electron chi connectivity index (χ1n) is 6.66. The second-order valence-corrected chi connectivity index (χ2v) is 6.29. The zero-order valence-corrected chi connectivity index (χ0v) is 14.0. The van der Waals surface area contributed by atoms with Gasteiger partial charge in [0, 0.05) is 17.6 Å². The lowest BCUT2D eigenvalue weighted by Gasteiger charge is -2.30. The Labute approximate surface area is 128 Å². The predicted octanol–water partition coefficient (Wildman–Crippen LogP) is 2.84. The maximum atomic E-state index is 12.3. The number of aliphatic hydroxyl groups is 1. The number of carbonyl (C=O) groups excluding carboxylic acids is 1. The quantitative estimate of drug-likeness (QED) is 0.863. The van der Waals surface area contributed by atoms with Crippen LogP contribution in [0.25, 0.3) is 0 Å². The molecular formula is C15H22BrNO3. The van der Waals surface area contributed by atoms with E-state index in [1.165, 1.54) is 0 Å². The third-order valence-electron chi connectivity index (χ3n) is 2.75. The molecule has 0 bridgehead atoms. The Hall–Kier alpha value is -1.07. The smallest absolute Gasteiger partial charge is 0.263 e. The topological polar surface area (TPSA) is 49.8 Å². The van der Waals surface area contributed by atoms with E-state index in [0.717, 1.165) is 4.47 Å². The van der Waals surface area contributed by atoms with Gasteiger partial charge in [-0.2, -0.15) is 0 Å². The number of halogens is 1. The van der Waals surface area contributed by atoms with Crippen molar-refractivity contribution in [1.82, 2.24) is 4.90 Å². The zero-order valence-electron chi connectivity index (χ0n) is 12.4. The molecular weight excluding hydrogens is 322 g/mol. The van der Waals surface area contributed by atoms with E-state index >= 15 is 0 Å². The highest BCUT2D eigenvalue weighted by Crippen LogP contribution is 2.18. The molecule has 0 fully saturated rings. The Kier molecular flexibility index (Phi) is 6.02. The molecule has 1 atom stereocenters. The molecule has 0 radical (unpaired) electrons. The summed E-state index contributed by atoms with van der Waals surface area (Å²) in [4.78, 5) is 13.9. The van der Waals surface area contributed by atoms with Gasteiger partial charge >= 0.3 is 0 Å². The number of likely N-dealkylation sites (N-methyl/N-ethyl adjacent to an activating group) is 1. The molecule has 0 spiro atoms. The molecule has 4 nitrogen and oxygen atoms in total. The van der Waals surface area contributed by atoms with Crippen LogP contribution in [-0.4, -0.2) is 40.7 Å². The van der Waals surface area contributed by atoms with Gasteiger partial charge in [-0.25, -0.2) is 0 Å². The molecule has 0 heterocycles. The standard InChI is InChI=1S/C15H22BrNO3/c1-5-17(10-15(3,4)19)14(18)11(2)20-13-8-6-12(16)7-9-13/h6-9,11,19H,5,10H2,1-4H3. The second kappa shape index (κ2) is 7.09. The van der Waals surface area contributed by atoms with Crippen LogP contribution < -0.4 is 4.74 Å². The predicted molar refractivity (Wildman–Crippen MR) is 82.8 cm³/mol. The van der Waals surface area contributed by atoms with Crippen LogP contribution in [0.1, 0.15) is 27.7 Å². The monoisotopic (exact) mass is 343 g/mol. The van der Waals surface area contributed by atoms with Crippen molar-refractivity contribution < 1.29 is 14.6 Å². The van der Waals surface area contributed by atoms with Gasteiger partial charge in [-0.15, -0.1) is 0 Å². The normalized spacial score (nSPS) is 12.9. The summed E-state index contributed by atoms with van der Waals surface area (Å²) in [6, 6.07) is 7.34. The van der Waals surface area contributed by atoms with Crippen molar-refractivity contribution in [3.8, 4) is 5.75 Å².